The Morgan fingerprint density at radius 3 is 2.27 bits per heavy atom. The number of rotatable bonds is 7. The summed E-state index contributed by atoms with van der Waals surface area (Å²) in [6.07, 6.45) is -2.99. The van der Waals surface area contributed by atoms with Crippen molar-refractivity contribution in [3.8, 4) is 0 Å². The maximum Gasteiger partial charge on any atom is 0.338 e. The second-order valence-corrected chi connectivity index (χ2v) is 14.4. The maximum absolute atomic E-state index is 13.7. The van der Waals surface area contributed by atoms with Gasteiger partial charge in [-0.2, -0.15) is 0 Å². The molecule has 0 bridgehead atoms. The summed E-state index contributed by atoms with van der Waals surface area (Å²) in [5, 5.41) is 23.0. The van der Waals surface area contributed by atoms with Crippen LogP contribution in [0.25, 0.3) is 0 Å². The summed E-state index contributed by atoms with van der Waals surface area (Å²) in [6, 6.07) is 8.39. The number of aliphatic hydroxyl groups excluding tert-OH is 1. The van der Waals surface area contributed by atoms with Crippen molar-refractivity contribution in [2.45, 2.75) is 129 Å². The van der Waals surface area contributed by atoms with Crippen molar-refractivity contribution in [1.29, 1.82) is 0 Å². The van der Waals surface area contributed by atoms with E-state index in [0.717, 1.165) is 0 Å². The van der Waals surface area contributed by atoms with Crippen LogP contribution in [0.3, 0.4) is 0 Å². The lowest BCUT2D eigenvalue weighted by Gasteiger charge is -2.48. The van der Waals surface area contributed by atoms with E-state index in [9.17, 15) is 24.6 Å². The van der Waals surface area contributed by atoms with E-state index in [0.29, 0.717) is 17.6 Å². The normalized spacial score (nSPS) is 40.0. The zero-order valence-corrected chi connectivity index (χ0v) is 30.5. The van der Waals surface area contributed by atoms with Crippen LogP contribution in [-0.4, -0.2) is 108 Å². The Morgan fingerprint density at radius 1 is 1.08 bits per heavy atom. The van der Waals surface area contributed by atoms with Crippen LogP contribution >= 0.6 is 0 Å². The van der Waals surface area contributed by atoms with Crippen molar-refractivity contribution in [3.63, 3.8) is 0 Å². The molecule has 11 heteroatoms. The molecule has 270 valence electrons. The highest BCUT2D eigenvalue weighted by molar-refractivity contribution is 5.96. The zero-order chi connectivity index (χ0) is 36.1. The molecule has 3 rings (SSSR count). The Hall–Kier alpha value is -2.67. The number of carbonyl (C=O) groups is 3. The average Bonchev–Trinajstić information content (AvgIpc) is 3.04. The first-order valence-corrected chi connectivity index (χ1v) is 17.0. The number of benzene rings is 1. The number of Topliss-reactive ketones (excluding diaryl/α,β-unsaturated/α-hetero) is 1. The third-order valence-corrected chi connectivity index (χ3v) is 10.1. The van der Waals surface area contributed by atoms with Crippen LogP contribution in [-0.2, 0) is 33.3 Å². The van der Waals surface area contributed by atoms with Gasteiger partial charge in [0, 0.05) is 18.9 Å². The lowest BCUT2D eigenvalue weighted by Crippen LogP contribution is -2.60. The molecule has 2 N–H and O–H groups in total. The van der Waals surface area contributed by atoms with Gasteiger partial charge in [0.1, 0.15) is 11.7 Å². The monoisotopic (exact) mass is 675 g/mol. The highest BCUT2D eigenvalue weighted by Gasteiger charge is 2.51. The van der Waals surface area contributed by atoms with Crippen LogP contribution in [0.4, 0.5) is 0 Å². The SMILES string of the molecule is CC[C@H]1OC(=O)[C@H](C)[C@@H](O)[C@H](C)[C@@H](O[C@@H]2O[C@H](C)C[C@H](N(C)C)[C@H]2OC(=O)c2ccccc2)[C@](C)(OC)C[C@@H](C)C(=O)/C(C)=C/[C@]1(C)O. The molecule has 1 aromatic carbocycles. The molecule has 2 aliphatic rings. The number of aliphatic hydroxyl groups is 2. The van der Waals surface area contributed by atoms with E-state index in [1.807, 2.05) is 32.0 Å². The molecule has 0 aliphatic carbocycles. The molecular weight excluding hydrogens is 618 g/mol. The number of methoxy groups -OCH3 is 1. The molecular formula is C37H57NO10. The Morgan fingerprint density at radius 2 is 1.71 bits per heavy atom. The summed E-state index contributed by atoms with van der Waals surface area (Å²) in [7, 11) is 5.30. The number of allylic oxidation sites excluding steroid dienone is 1. The number of esters is 2. The Labute approximate surface area is 285 Å². The van der Waals surface area contributed by atoms with Gasteiger partial charge in [0.25, 0.3) is 0 Å². The minimum Gasteiger partial charge on any atom is -0.459 e. The summed E-state index contributed by atoms with van der Waals surface area (Å²) in [5.74, 6) is -3.84. The standard InChI is InChI=1S/C37H57NO10/c1-12-28-36(7,43)19-21(2)29(39)22(3)20-37(8,44-11)32(24(5)30(40)25(6)33(41)46-28)48-35-31(27(38(9)10)18-23(4)45-35)47-34(42)26-16-14-13-15-17-26/h13-17,19,22-25,27-28,30-32,35,40,43H,12,18,20H2,1-11H3/b21-19+/t22-,23-,24+,25-,27+,28-,30+,31-,32-,35+,36+,37-/m1/s1. The highest BCUT2D eigenvalue weighted by atomic mass is 16.7. The van der Waals surface area contributed by atoms with E-state index in [1.165, 1.54) is 20.1 Å². The third-order valence-electron chi connectivity index (χ3n) is 10.1. The molecule has 1 saturated heterocycles. The first kappa shape index (κ1) is 39.8. The molecule has 0 radical (unpaired) electrons. The van der Waals surface area contributed by atoms with Crippen LogP contribution < -0.4 is 0 Å². The molecule has 0 amide bonds. The maximum atomic E-state index is 13.7. The van der Waals surface area contributed by atoms with Crippen LogP contribution in [0.1, 0.15) is 85.0 Å². The van der Waals surface area contributed by atoms with Crippen LogP contribution in [0, 0.1) is 17.8 Å². The second-order valence-electron chi connectivity index (χ2n) is 14.4. The predicted molar refractivity (Wildman–Crippen MR) is 180 cm³/mol. The van der Waals surface area contributed by atoms with Gasteiger partial charge in [0.2, 0.25) is 0 Å². The van der Waals surface area contributed by atoms with E-state index in [4.69, 9.17) is 23.7 Å². The fourth-order valence-corrected chi connectivity index (χ4v) is 7.14. The number of cyclic esters (lactones) is 1. The predicted octanol–water partition coefficient (Wildman–Crippen LogP) is 4.33. The van der Waals surface area contributed by atoms with Crippen molar-refractivity contribution in [2.24, 2.45) is 17.8 Å². The molecule has 1 fully saturated rings. The summed E-state index contributed by atoms with van der Waals surface area (Å²) in [4.78, 5) is 42.5. The fraction of sp³-hybridized carbons (Fsp3) is 0.703. The Kier molecular flexibility index (Phi) is 13.6. The van der Waals surface area contributed by atoms with Crippen molar-refractivity contribution in [1.82, 2.24) is 4.90 Å². The van der Waals surface area contributed by atoms with E-state index in [1.54, 1.807) is 65.8 Å². The largest absolute Gasteiger partial charge is 0.459 e. The number of hydrogen-bond donors (Lipinski definition) is 2. The van der Waals surface area contributed by atoms with Gasteiger partial charge in [-0.3, -0.25) is 9.59 Å². The number of ether oxygens (including phenoxy) is 5. The number of hydrogen-bond acceptors (Lipinski definition) is 11. The Balaban J connectivity index is 2.12. The van der Waals surface area contributed by atoms with Gasteiger partial charge in [-0.25, -0.2) is 4.79 Å². The van der Waals surface area contributed by atoms with Gasteiger partial charge < -0.3 is 38.8 Å². The fourth-order valence-electron chi connectivity index (χ4n) is 7.14. The molecule has 2 aliphatic heterocycles. The second kappa shape index (κ2) is 16.4. The van der Waals surface area contributed by atoms with E-state index >= 15 is 0 Å². The molecule has 1 aromatic rings. The molecule has 0 aromatic heterocycles. The Bertz CT molecular complexity index is 1280. The van der Waals surface area contributed by atoms with E-state index in [2.05, 4.69) is 0 Å². The quantitative estimate of drug-likeness (QED) is 0.399. The molecule has 0 spiro atoms. The third kappa shape index (κ3) is 9.11. The molecule has 2 heterocycles. The van der Waals surface area contributed by atoms with Gasteiger partial charge in [-0.15, -0.1) is 0 Å². The lowest BCUT2D eigenvalue weighted by atomic mass is 9.76. The van der Waals surface area contributed by atoms with Crippen LogP contribution in [0.15, 0.2) is 42.0 Å². The van der Waals surface area contributed by atoms with Crippen molar-refractivity contribution >= 4 is 17.7 Å². The van der Waals surface area contributed by atoms with Crippen LogP contribution in [0.2, 0.25) is 0 Å². The van der Waals surface area contributed by atoms with Crippen LogP contribution in [0.5, 0.6) is 0 Å². The molecule has 0 saturated carbocycles. The number of likely N-dealkylation sites (N-methyl/N-ethyl adjacent to an activating group) is 1. The summed E-state index contributed by atoms with van der Waals surface area (Å²) < 4.78 is 31.2. The van der Waals surface area contributed by atoms with Crippen molar-refractivity contribution in [2.75, 3.05) is 21.2 Å². The van der Waals surface area contributed by atoms with Gasteiger partial charge in [0.05, 0.1) is 41.4 Å². The van der Waals surface area contributed by atoms with E-state index in [-0.39, 0.29) is 30.8 Å². The average molecular weight is 676 g/mol. The molecule has 12 atom stereocenters. The molecule has 0 unspecified atom stereocenters. The first-order valence-electron chi connectivity index (χ1n) is 17.0. The topological polar surface area (TPSA) is 141 Å². The van der Waals surface area contributed by atoms with Gasteiger partial charge in [-0.05, 0) is 91.8 Å². The molecule has 11 nitrogen and oxygen atoms in total. The van der Waals surface area contributed by atoms with Gasteiger partial charge in [0.15, 0.2) is 18.2 Å². The number of ketones is 1. The zero-order valence-electron chi connectivity index (χ0n) is 30.5. The number of carbonyl (C=O) groups excluding carboxylic acids is 3. The highest BCUT2D eigenvalue weighted by Crippen LogP contribution is 2.39. The van der Waals surface area contributed by atoms with Gasteiger partial charge in [-0.1, -0.05) is 39.0 Å². The van der Waals surface area contributed by atoms with Gasteiger partial charge >= 0.3 is 11.9 Å². The smallest absolute Gasteiger partial charge is 0.338 e. The van der Waals surface area contributed by atoms with Crippen molar-refractivity contribution < 1.29 is 48.3 Å². The van der Waals surface area contributed by atoms with E-state index < -0.39 is 71.6 Å². The summed E-state index contributed by atoms with van der Waals surface area (Å²) in [5.41, 5.74) is -2.13. The molecule has 48 heavy (non-hydrogen) atoms. The minimum absolute atomic E-state index is 0.168. The first-order chi connectivity index (χ1) is 22.4. The number of nitrogens with zero attached hydrogens (tertiary/aromatic N) is 1. The lowest BCUT2D eigenvalue weighted by molar-refractivity contribution is -0.300. The summed E-state index contributed by atoms with van der Waals surface area (Å²) >= 11 is 0. The minimum atomic E-state index is -1.62. The summed E-state index contributed by atoms with van der Waals surface area (Å²) in [6.45, 7) is 13.7. The van der Waals surface area contributed by atoms with Crippen molar-refractivity contribution in [3.05, 3.63) is 47.5 Å².